The van der Waals surface area contributed by atoms with Crippen LogP contribution in [-0.2, 0) is 10.2 Å². The Morgan fingerprint density at radius 2 is 1.94 bits per heavy atom. The van der Waals surface area contributed by atoms with Crippen LogP contribution in [0.2, 0.25) is 0 Å². The number of ether oxygens (including phenoxy) is 1. The predicted octanol–water partition coefficient (Wildman–Crippen LogP) is 2.96. The van der Waals surface area contributed by atoms with E-state index in [1.807, 2.05) is 0 Å². The van der Waals surface area contributed by atoms with E-state index in [0.29, 0.717) is 5.92 Å². The van der Waals surface area contributed by atoms with Crippen LogP contribution in [0.3, 0.4) is 0 Å². The van der Waals surface area contributed by atoms with Crippen molar-refractivity contribution < 1.29 is 4.74 Å². The zero-order valence-electron chi connectivity index (χ0n) is 11.0. The van der Waals surface area contributed by atoms with E-state index in [4.69, 9.17) is 10.5 Å². The highest BCUT2D eigenvalue weighted by Gasteiger charge is 2.33. The van der Waals surface area contributed by atoms with E-state index < -0.39 is 0 Å². The van der Waals surface area contributed by atoms with E-state index in [2.05, 4.69) is 24.3 Å². The van der Waals surface area contributed by atoms with Gasteiger partial charge in [-0.25, -0.2) is 0 Å². The lowest BCUT2D eigenvalue weighted by molar-refractivity contribution is 0.00835. The fraction of sp³-hybridized carbons (Fsp3) is 0.625. The van der Waals surface area contributed by atoms with Gasteiger partial charge in [0.1, 0.15) is 0 Å². The molecule has 2 fully saturated rings. The van der Waals surface area contributed by atoms with Gasteiger partial charge >= 0.3 is 0 Å². The minimum atomic E-state index is 0.249. The fourth-order valence-electron chi connectivity index (χ4n) is 3.39. The van der Waals surface area contributed by atoms with Gasteiger partial charge in [0.15, 0.2) is 0 Å². The van der Waals surface area contributed by atoms with Crippen molar-refractivity contribution in [2.24, 2.45) is 5.73 Å². The summed E-state index contributed by atoms with van der Waals surface area (Å²) in [7, 11) is 0. The van der Waals surface area contributed by atoms with Crippen LogP contribution in [-0.4, -0.2) is 19.8 Å². The first-order chi connectivity index (χ1) is 8.84. The normalized spacial score (nSPS) is 23.6. The van der Waals surface area contributed by atoms with Crippen LogP contribution >= 0.6 is 0 Å². The average molecular weight is 245 g/mol. The zero-order chi connectivity index (χ0) is 12.4. The maximum absolute atomic E-state index is 6.12. The number of rotatable bonds is 3. The second kappa shape index (κ2) is 5.02. The Morgan fingerprint density at radius 3 is 2.56 bits per heavy atom. The van der Waals surface area contributed by atoms with Gasteiger partial charge in [-0.3, -0.25) is 0 Å². The molecule has 0 atom stereocenters. The van der Waals surface area contributed by atoms with Crippen LogP contribution in [0.15, 0.2) is 24.3 Å². The highest BCUT2D eigenvalue weighted by atomic mass is 16.5. The molecule has 0 aromatic heterocycles. The molecule has 1 saturated carbocycles. The predicted molar refractivity (Wildman–Crippen MR) is 73.8 cm³/mol. The van der Waals surface area contributed by atoms with Gasteiger partial charge in [-0.15, -0.1) is 0 Å². The quantitative estimate of drug-likeness (QED) is 0.888. The van der Waals surface area contributed by atoms with Gasteiger partial charge < -0.3 is 10.5 Å². The molecule has 1 aromatic carbocycles. The van der Waals surface area contributed by atoms with Crippen LogP contribution < -0.4 is 5.73 Å². The molecule has 98 valence electrons. The van der Waals surface area contributed by atoms with Crippen LogP contribution in [0.1, 0.15) is 49.1 Å². The average Bonchev–Trinajstić information content (AvgIpc) is 2.38. The molecule has 1 aliphatic heterocycles. The summed E-state index contributed by atoms with van der Waals surface area (Å²) in [5.41, 5.74) is 9.28. The van der Waals surface area contributed by atoms with Crippen LogP contribution in [0.5, 0.6) is 0 Å². The molecule has 0 radical (unpaired) electrons. The number of hydrogen-bond donors (Lipinski definition) is 1. The van der Waals surface area contributed by atoms with Gasteiger partial charge in [-0.2, -0.15) is 0 Å². The first kappa shape index (κ1) is 12.2. The second-order valence-corrected chi connectivity index (χ2v) is 5.90. The van der Waals surface area contributed by atoms with Gasteiger partial charge in [-0.1, -0.05) is 43.5 Å². The molecule has 2 heteroatoms. The SMILES string of the molecule is NCC1(c2cccc(C3COC3)c2)CCCCC1. The van der Waals surface area contributed by atoms with Crippen LogP contribution in [0, 0.1) is 0 Å². The summed E-state index contributed by atoms with van der Waals surface area (Å²) in [6, 6.07) is 9.12. The Bertz CT molecular complexity index is 405. The largest absolute Gasteiger partial charge is 0.380 e. The monoisotopic (exact) mass is 245 g/mol. The molecule has 0 unspecified atom stereocenters. The van der Waals surface area contributed by atoms with Crippen molar-refractivity contribution in [2.45, 2.75) is 43.4 Å². The molecule has 0 bridgehead atoms. The Morgan fingerprint density at radius 1 is 1.17 bits per heavy atom. The van der Waals surface area contributed by atoms with E-state index in [0.717, 1.165) is 19.8 Å². The molecule has 18 heavy (non-hydrogen) atoms. The molecule has 3 rings (SSSR count). The van der Waals surface area contributed by atoms with E-state index >= 15 is 0 Å². The van der Waals surface area contributed by atoms with Crippen molar-refractivity contribution in [3.63, 3.8) is 0 Å². The maximum Gasteiger partial charge on any atom is 0.0557 e. The van der Waals surface area contributed by atoms with Gasteiger partial charge in [-0.05, 0) is 24.0 Å². The number of hydrogen-bond acceptors (Lipinski definition) is 2. The van der Waals surface area contributed by atoms with E-state index in [-0.39, 0.29) is 5.41 Å². The number of nitrogens with two attached hydrogens (primary N) is 1. The lowest BCUT2D eigenvalue weighted by atomic mass is 9.69. The molecule has 2 aliphatic rings. The highest BCUT2D eigenvalue weighted by Crippen LogP contribution is 2.39. The lowest BCUT2D eigenvalue weighted by Crippen LogP contribution is -2.37. The molecule has 0 spiro atoms. The first-order valence-electron chi connectivity index (χ1n) is 7.22. The van der Waals surface area contributed by atoms with Crippen molar-refractivity contribution >= 4 is 0 Å². The third-order valence-corrected chi connectivity index (χ3v) is 4.81. The minimum absolute atomic E-state index is 0.249. The first-order valence-corrected chi connectivity index (χ1v) is 7.22. The molecular weight excluding hydrogens is 222 g/mol. The molecule has 1 aliphatic carbocycles. The summed E-state index contributed by atoms with van der Waals surface area (Å²) in [6.45, 7) is 2.57. The van der Waals surface area contributed by atoms with Gasteiger partial charge in [0, 0.05) is 17.9 Å². The summed E-state index contributed by atoms with van der Waals surface area (Å²) in [6.07, 6.45) is 6.54. The summed E-state index contributed by atoms with van der Waals surface area (Å²) in [4.78, 5) is 0. The topological polar surface area (TPSA) is 35.2 Å². The Kier molecular flexibility index (Phi) is 3.40. The van der Waals surface area contributed by atoms with Gasteiger partial charge in [0.25, 0.3) is 0 Å². The molecule has 1 aromatic rings. The summed E-state index contributed by atoms with van der Waals surface area (Å²) >= 11 is 0. The van der Waals surface area contributed by atoms with E-state index in [9.17, 15) is 0 Å². The van der Waals surface area contributed by atoms with Crippen molar-refractivity contribution in [3.05, 3.63) is 35.4 Å². The molecule has 2 N–H and O–H groups in total. The smallest absolute Gasteiger partial charge is 0.0557 e. The maximum atomic E-state index is 6.12. The van der Waals surface area contributed by atoms with Crippen molar-refractivity contribution in [1.82, 2.24) is 0 Å². The summed E-state index contributed by atoms with van der Waals surface area (Å²) < 4.78 is 5.30. The Balaban J connectivity index is 1.89. The number of benzene rings is 1. The summed E-state index contributed by atoms with van der Waals surface area (Å²) in [5, 5.41) is 0. The summed E-state index contributed by atoms with van der Waals surface area (Å²) in [5.74, 6) is 0.614. The van der Waals surface area contributed by atoms with E-state index in [1.54, 1.807) is 0 Å². The van der Waals surface area contributed by atoms with Crippen molar-refractivity contribution in [2.75, 3.05) is 19.8 Å². The third kappa shape index (κ3) is 2.08. The van der Waals surface area contributed by atoms with Crippen LogP contribution in [0.25, 0.3) is 0 Å². The highest BCUT2D eigenvalue weighted by molar-refractivity contribution is 5.33. The zero-order valence-corrected chi connectivity index (χ0v) is 11.0. The second-order valence-electron chi connectivity index (χ2n) is 5.90. The molecular formula is C16H23NO. The molecule has 2 nitrogen and oxygen atoms in total. The minimum Gasteiger partial charge on any atom is -0.380 e. The Labute approximate surface area is 110 Å². The van der Waals surface area contributed by atoms with Crippen LogP contribution in [0.4, 0.5) is 0 Å². The van der Waals surface area contributed by atoms with Gasteiger partial charge in [0.2, 0.25) is 0 Å². The lowest BCUT2D eigenvalue weighted by Gasteiger charge is -2.37. The Hall–Kier alpha value is -0.860. The standard InChI is InChI=1S/C16H23NO/c17-12-16(7-2-1-3-8-16)15-6-4-5-13(9-15)14-10-18-11-14/h4-6,9,14H,1-3,7-8,10-12,17H2. The molecule has 1 heterocycles. The van der Waals surface area contributed by atoms with Crippen molar-refractivity contribution in [1.29, 1.82) is 0 Å². The van der Waals surface area contributed by atoms with Gasteiger partial charge in [0.05, 0.1) is 13.2 Å². The van der Waals surface area contributed by atoms with E-state index in [1.165, 1.54) is 43.2 Å². The third-order valence-electron chi connectivity index (χ3n) is 4.81. The fourth-order valence-corrected chi connectivity index (χ4v) is 3.39. The molecule has 1 saturated heterocycles. The van der Waals surface area contributed by atoms with Crippen molar-refractivity contribution in [3.8, 4) is 0 Å². The molecule has 0 amide bonds.